The molecule has 1 aromatic carbocycles. The van der Waals surface area contributed by atoms with Crippen LogP contribution in [-0.4, -0.2) is 43.0 Å². The van der Waals surface area contributed by atoms with E-state index in [0.29, 0.717) is 13.1 Å². The van der Waals surface area contributed by atoms with Gasteiger partial charge in [0.2, 0.25) is 5.91 Å². The summed E-state index contributed by atoms with van der Waals surface area (Å²) in [5, 5.41) is 6.28. The molecule has 1 saturated heterocycles. The number of amides is 1. The third-order valence-corrected chi connectivity index (χ3v) is 3.99. The smallest absolute Gasteiger partial charge is 0.237 e. The van der Waals surface area contributed by atoms with Gasteiger partial charge in [0, 0.05) is 19.6 Å². The maximum Gasteiger partial charge on any atom is 0.237 e. The number of carbonyl (C=O) groups is 1. The molecule has 1 aliphatic heterocycles. The van der Waals surface area contributed by atoms with E-state index in [4.69, 9.17) is 0 Å². The molecule has 22 heavy (non-hydrogen) atoms. The number of benzene rings is 1. The van der Waals surface area contributed by atoms with Crippen LogP contribution in [0.3, 0.4) is 0 Å². The van der Waals surface area contributed by atoms with E-state index in [2.05, 4.69) is 22.5 Å². The fourth-order valence-electron chi connectivity index (χ4n) is 2.83. The number of rotatable bonds is 8. The molecule has 0 saturated carbocycles. The summed E-state index contributed by atoms with van der Waals surface area (Å²) < 4.78 is 12.9. The van der Waals surface area contributed by atoms with Crippen LogP contribution in [0.2, 0.25) is 0 Å². The molecule has 2 N–H and O–H groups in total. The van der Waals surface area contributed by atoms with Gasteiger partial charge in [0.15, 0.2) is 0 Å². The molecule has 1 atom stereocenters. The number of likely N-dealkylation sites (tertiary alicyclic amines) is 1. The fourth-order valence-corrected chi connectivity index (χ4v) is 2.83. The summed E-state index contributed by atoms with van der Waals surface area (Å²) in [5.74, 6) is -0.114. The summed E-state index contributed by atoms with van der Waals surface area (Å²) in [7, 11) is 0. The van der Waals surface area contributed by atoms with Gasteiger partial charge in [-0.25, -0.2) is 4.39 Å². The molecule has 122 valence electrons. The van der Waals surface area contributed by atoms with Crippen LogP contribution in [0.4, 0.5) is 4.39 Å². The van der Waals surface area contributed by atoms with Crippen molar-refractivity contribution in [2.24, 2.45) is 0 Å². The van der Waals surface area contributed by atoms with E-state index in [-0.39, 0.29) is 17.8 Å². The zero-order valence-electron chi connectivity index (χ0n) is 13.3. The molecule has 1 unspecified atom stereocenters. The van der Waals surface area contributed by atoms with E-state index in [1.165, 1.54) is 12.1 Å². The molecular formula is C17H26FN3O. The maximum atomic E-state index is 12.9. The predicted molar refractivity (Wildman–Crippen MR) is 86.0 cm³/mol. The van der Waals surface area contributed by atoms with E-state index < -0.39 is 0 Å². The normalized spacial score (nSPS) is 18.5. The topological polar surface area (TPSA) is 44.4 Å². The standard InChI is InChI=1S/C17H26FN3O/c1-2-9-19-10-11-20-17(22)16-4-3-12-21(16)13-14-5-7-15(18)8-6-14/h5-8,16,19H,2-4,9-13H2,1H3,(H,20,22). The minimum absolute atomic E-state index is 0.0590. The van der Waals surface area contributed by atoms with Crippen molar-refractivity contribution in [3.05, 3.63) is 35.6 Å². The van der Waals surface area contributed by atoms with Gasteiger partial charge >= 0.3 is 0 Å². The van der Waals surface area contributed by atoms with Gasteiger partial charge in [-0.1, -0.05) is 19.1 Å². The van der Waals surface area contributed by atoms with Gasteiger partial charge < -0.3 is 10.6 Å². The van der Waals surface area contributed by atoms with E-state index in [1.807, 2.05) is 0 Å². The van der Waals surface area contributed by atoms with Crippen LogP contribution >= 0.6 is 0 Å². The van der Waals surface area contributed by atoms with E-state index in [1.54, 1.807) is 12.1 Å². The number of nitrogens with one attached hydrogen (secondary N) is 2. The maximum absolute atomic E-state index is 12.9. The Balaban J connectivity index is 1.79. The van der Waals surface area contributed by atoms with Crippen LogP contribution in [-0.2, 0) is 11.3 Å². The van der Waals surface area contributed by atoms with Crippen molar-refractivity contribution in [3.63, 3.8) is 0 Å². The van der Waals surface area contributed by atoms with Crippen LogP contribution in [0.15, 0.2) is 24.3 Å². The first-order valence-corrected chi connectivity index (χ1v) is 8.17. The fraction of sp³-hybridized carbons (Fsp3) is 0.588. The second-order valence-corrected chi connectivity index (χ2v) is 5.80. The Morgan fingerprint density at radius 2 is 2.05 bits per heavy atom. The lowest BCUT2D eigenvalue weighted by atomic mass is 10.1. The summed E-state index contributed by atoms with van der Waals surface area (Å²) in [5.41, 5.74) is 1.05. The van der Waals surface area contributed by atoms with Gasteiger partial charge in [0.25, 0.3) is 0 Å². The van der Waals surface area contributed by atoms with Crippen LogP contribution in [0.1, 0.15) is 31.7 Å². The number of hydrogen-bond donors (Lipinski definition) is 2. The Morgan fingerprint density at radius 3 is 2.77 bits per heavy atom. The highest BCUT2D eigenvalue weighted by molar-refractivity contribution is 5.82. The largest absolute Gasteiger partial charge is 0.353 e. The SMILES string of the molecule is CCCNCCNC(=O)C1CCCN1Cc1ccc(F)cc1. The Bertz CT molecular complexity index is 463. The number of carbonyl (C=O) groups excluding carboxylic acids is 1. The molecule has 1 fully saturated rings. The summed E-state index contributed by atoms with van der Waals surface area (Å²) in [6.45, 7) is 6.20. The molecule has 1 heterocycles. The lowest BCUT2D eigenvalue weighted by molar-refractivity contribution is -0.125. The molecule has 1 aliphatic rings. The van der Waals surface area contributed by atoms with Crippen molar-refractivity contribution in [2.75, 3.05) is 26.2 Å². The molecule has 0 radical (unpaired) electrons. The Hall–Kier alpha value is -1.46. The van der Waals surface area contributed by atoms with Crippen LogP contribution in [0, 0.1) is 5.82 Å². The van der Waals surface area contributed by atoms with Gasteiger partial charge in [-0.2, -0.15) is 0 Å². The highest BCUT2D eigenvalue weighted by atomic mass is 19.1. The average Bonchev–Trinajstić information content (AvgIpc) is 2.97. The highest BCUT2D eigenvalue weighted by Gasteiger charge is 2.30. The van der Waals surface area contributed by atoms with Crippen LogP contribution in [0.5, 0.6) is 0 Å². The summed E-state index contributed by atoms with van der Waals surface area (Å²) >= 11 is 0. The lowest BCUT2D eigenvalue weighted by Gasteiger charge is -2.23. The number of halogens is 1. The molecule has 5 heteroatoms. The van der Waals surface area contributed by atoms with Crippen LogP contribution < -0.4 is 10.6 Å². The zero-order valence-corrected chi connectivity index (χ0v) is 13.3. The molecule has 0 bridgehead atoms. The lowest BCUT2D eigenvalue weighted by Crippen LogP contribution is -2.44. The molecule has 1 aromatic rings. The molecule has 1 amide bonds. The molecular weight excluding hydrogens is 281 g/mol. The third-order valence-electron chi connectivity index (χ3n) is 3.99. The minimum Gasteiger partial charge on any atom is -0.353 e. The third kappa shape index (κ3) is 5.07. The first-order valence-electron chi connectivity index (χ1n) is 8.17. The summed E-state index contributed by atoms with van der Waals surface area (Å²) in [6.07, 6.45) is 3.03. The first kappa shape index (κ1) is 16.9. The summed E-state index contributed by atoms with van der Waals surface area (Å²) in [4.78, 5) is 14.5. The van der Waals surface area contributed by atoms with E-state index >= 15 is 0 Å². The molecule has 0 aliphatic carbocycles. The summed E-state index contributed by atoms with van der Waals surface area (Å²) in [6, 6.07) is 6.46. The van der Waals surface area contributed by atoms with E-state index in [0.717, 1.165) is 44.5 Å². The van der Waals surface area contributed by atoms with Crippen molar-refractivity contribution >= 4 is 5.91 Å². The highest BCUT2D eigenvalue weighted by Crippen LogP contribution is 2.20. The Kier molecular flexibility index (Phi) is 6.80. The second-order valence-electron chi connectivity index (χ2n) is 5.80. The van der Waals surface area contributed by atoms with E-state index in [9.17, 15) is 9.18 Å². The molecule has 0 aromatic heterocycles. The molecule has 2 rings (SSSR count). The first-order chi connectivity index (χ1) is 10.7. The zero-order chi connectivity index (χ0) is 15.8. The van der Waals surface area contributed by atoms with Crippen LogP contribution in [0.25, 0.3) is 0 Å². The second kappa shape index (κ2) is 8.86. The van der Waals surface area contributed by atoms with Crippen molar-refractivity contribution in [3.8, 4) is 0 Å². The molecule has 0 spiro atoms. The predicted octanol–water partition coefficient (Wildman–Crippen LogP) is 1.91. The molecule has 4 nitrogen and oxygen atoms in total. The van der Waals surface area contributed by atoms with Gasteiger partial charge in [0.1, 0.15) is 5.82 Å². The van der Waals surface area contributed by atoms with Crippen molar-refractivity contribution in [1.29, 1.82) is 0 Å². The van der Waals surface area contributed by atoms with Gasteiger partial charge in [-0.3, -0.25) is 9.69 Å². The average molecular weight is 307 g/mol. The number of nitrogens with zero attached hydrogens (tertiary/aromatic N) is 1. The number of hydrogen-bond acceptors (Lipinski definition) is 3. The van der Waals surface area contributed by atoms with Gasteiger partial charge in [-0.15, -0.1) is 0 Å². The Morgan fingerprint density at radius 1 is 1.27 bits per heavy atom. The van der Waals surface area contributed by atoms with Gasteiger partial charge in [-0.05, 0) is 50.0 Å². The quantitative estimate of drug-likeness (QED) is 0.721. The minimum atomic E-state index is -0.223. The Labute approximate surface area is 132 Å². The van der Waals surface area contributed by atoms with Gasteiger partial charge in [0.05, 0.1) is 6.04 Å². The van der Waals surface area contributed by atoms with Crippen molar-refractivity contribution in [2.45, 2.75) is 38.8 Å². The monoisotopic (exact) mass is 307 g/mol. The van der Waals surface area contributed by atoms with Crippen molar-refractivity contribution in [1.82, 2.24) is 15.5 Å². The van der Waals surface area contributed by atoms with Crippen molar-refractivity contribution < 1.29 is 9.18 Å².